The van der Waals surface area contributed by atoms with Crippen LogP contribution >= 0.6 is 0 Å². The minimum Gasteiger partial charge on any atom is -0.451 e. The number of nitrogens with one attached hydrogen (secondary N) is 1. The highest BCUT2D eigenvalue weighted by Gasteiger charge is 2.20. The molecule has 0 bridgehead atoms. The Hall–Kier alpha value is -3.41. The second-order valence-electron chi connectivity index (χ2n) is 6.36. The van der Waals surface area contributed by atoms with Gasteiger partial charge in [0.1, 0.15) is 11.6 Å². The third-order valence-electron chi connectivity index (χ3n) is 4.36. The molecule has 2 amide bonds. The van der Waals surface area contributed by atoms with E-state index in [2.05, 4.69) is 5.32 Å². The summed E-state index contributed by atoms with van der Waals surface area (Å²) in [6, 6.07) is 16.7. The van der Waals surface area contributed by atoms with Crippen molar-refractivity contribution in [3.05, 3.63) is 77.8 Å². The molecule has 0 fully saturated rings. The lowest BCUT2D eigenvalue weighted by Gasteiger charge is -2.16. The molecule has 0 aliphatic heterocycles. The van der Waals surface area contributed by atoms with E-state index in [-0.39, 0.29) is 29.5 Å². The van der Waals surface area contributed by atoms with Crippen LogP contribution in [0.25, 0.3) is 11.3 Å². The standard InChI is InChI=1S/C22H21FN2O3/c1-3-15-8-4-7-11-18(15)24-21(26)14-25(2)22(27)20-13-12-19(28-20)16-9-5-6-10-17(16)23/h4-13H,3,14H2,1-2H3,(H,24,26). The van der Waals surface area contributed by atoms with E-state index in [1.165, 1.54) is 30.1 Å². The molecular weight excluding hydrogens is 359 g/mol. The van der Waals surface area contributed by atoms with Gasteiger partial charge in [-0.25, -0.2) is 4.39 Å². The summed E-state index contributed by atoms with van der Waals surface area (Å²) in [6.07, 6.45) is 0.788. The number of carbonyl (C=O) groups excluding carboxylic acids is 2. The number of benzene rings is 2. The lowest BCUT2D eigenvalue weighted by Crippen LogP contribution is -2.34. The number of halogens is 1. The van der Waals surface area contributed by atoms with Crippen molar-refractivity contribution in [3.63, 3.8) is 0 Å². The fourth-order valence-corrected chi connectivity index (χ4v) is 2.87. The molecule has 0 spiro atoms. The molecule has 0 aliphatic rings. The van der Waals surface area contributed by atoms with Crippen LogP contribution in [0.1, 0.15) is 23.0 Å². The Balaban J connectivity index is 1.66. The summed E-state index contributed by atoms with van der Waals surface area (Å²) in [7, 11) is 1.51. The predicted octanol–water partition coefficient (Wildman–Crippen LogP) is 4.36. The quantitative estimate of drug-likeness (QED) is 0.691. The summed E-state index contributed by atoms with van der Waals surface area (Å²) < 4.78 is 19.4. The first-order valence-corrected chi connectivity index (χ1v) is 8.97. The van der Waals surface area contributed by atoms with Crippen molar-refractivity contribution in [1.82, 2.24) is 4.90 Å². The van der Waals surface area contributed by atoms with E-state index in [1.807, 2.05) is 31.2 Å². The van der Waals surface area contributed by atoms with Crippen molar-refractivity contribution >= 4 is 17.5 Å². The van der Waals surface area contributed by atoms with Crippen LogP contribution in [0, 0.1) is 5.82 Å². The van der Waals surface area contributed by atoms with Gasteiger partial charge < -0.3 is 14.6 Å². The molecule has 0 radical (unpaired) electrons. The maximum absolute atomic E-state index is 13.9. The number of anilines is 1. The fourth-order valence-electron chi connectivity index (χ4n) is 2.87. The number of furan rings is 1. The summed E-state index contributed by atoms with van der Waals surface area (Å²) in [5.74, 6) is -0.893. The number of aryl methyl sites for hydroxylation is 1. The average molecular weight is 380 g/mol. The number of para-hydroxylation sites is 1. The normalized spacial score (nSPS) is 10.5. The van der Waals surface area contributed by atoms with Crippen LogP contribution in [0.3, 0.4) is 0 Å². The maximum atomic E-state index is 13.9. The first kappa shape index (κ1) is 19.4. The van der Waals surface area contributed by atoms with E-state index >= 15 is 0 Å². The Labute approximate surface area is 162 Å². The average Bonchev–Trinajstić information content (AvgIpc) is 3.18. The molecule has 2 aromatic carbocycles. The van der Waals surface area contributed by atoms with Crippen LogP contribution in [-0.4, -0.2) is 30.3 Å². The Morgan fingerprint density at radius 2 is 1.75 bits per heavy atom. The second kappa shape index (κ2) is 8.52. The molecular formula is C22H21FN2O3. The van der Waals surface area contributed by atoms with E-state index < -0.39 is 11.7 Å². The Kier molecular flexibility index (Phi) is 5.89. The predicted molar refractivity (Wildman–Crippen MR) is 106 cm³/mol. The van der Waals surface area contributed by atoms with E-state index in [0.717, 1.165) is 17.7 Å². The molecule has 1 N–H and O–H groups in total. The van der Waals surface area contributed by atoms with Crippen LogP contribution in [-0.2, 0) is 11.2 Å². The topological polar surface area (TPSA) is 62.6 Å². The van der Waals surface area contributed by atoms with Crippen molar-refractivity contribution in [2.24, 2.45) is 0 Å². The zero-order valence-electron chi connectivity index (χ0n) is 15.7. The minimum absolute atomic E-state index is 0.0440. The summed E-state index contributed by atoms with van der Waals surface area (Å²) in [6.45, 7) is 1.87. The number of likely N-dealkylation sites (N-methyl/N-ethyl adjacent to an activating group) is 1. The van der Waals surface area contributed by atoms with Crippen molar-refractivity contribution in [2.75, 3.05) is 18.9 Å². The molecule has 3 rings (SSSR count). The van der Waals surface area contributed by atoms with Gasteiger partial charge in [-0.2, -0.15) is 0 Å². The number of amides is 2. The maximum Gasteiger partial charge on any atom is 0.289 e. The molecule has 1 aromatic heterocycles. The minimum atomic E-state index is -0.457. The van der Waals surface area contributed by atoms with Crippen LogP contribution in [0.2, 0.25) is 0 Å². The van der Waals surface area contributed by atoms with Crippen molar-refractivity contribution in [1.29, 1.82) is 0 Å². The van der Waals surface area contributed by atoms with Crippen LogP contribution in [0.15, 0.2) is 65.1 Å². The number of hydrogen-bond acceptors (Lipinski definition) is 3. The smallest absolute Gasteiger partial charge is 0.289 e. The first-order valence-electron chi connectivity index (χ1n) is 8.97. The van der Waals surface area contributed by atoms with Gasteiger partial charge in [-0.05, 0) is 42.3 Å². The van der Waals surface area contributed by atoms with Gasteiger partial charge >= 0.3 is 0 Å². The van der Waals surface area contributed by atoms with Crippen LogP contribution in [0.4, 0.5) is 10.1 Å². The molecule has 0 saturated heterocycles. The number of nitrogens with zero attached hydrogens (tertiary/aromatic N) is 1. The van der Waals surface area contributed by atoms with E-state index in [1.54, 1.807) is 18.2 Å². The zero-order chi connectivity index (χ0) is 20.1. The highest BCUT2D eigenvalue weighted by Crippen LogP contribution is 2.25. The molecule has 5 nitrogen and oxygen atoms in total. The lowest BCUT2D eigenvalue weighted by molar-refractivity contribution is -0.116. The Morgan fingerprint density at radius 1 is 1.04 bits per heavy atom. The monoisotopic (exact) mass is 380 g/mol. The molecule has 0 atom stereocenters. The number of rotatable bonds is 6. The third-order valence-corrected chi connectivity index (χ3v) is 4.36. The van der Waals surface area contributed by atoms with Crippen molar-refractivity contribution < 1.29 is 18.4 Å². The summed E-state index contributed by atoms with van der Waals surface area (Å²) in [5, 5.41) is 2.82. The number of hydrogen-bond donors (Lipinski definition) is 1. The highest BCUT2D eigenvalue weighted by molar-refractivity contribution is 5.98. The molecule has 0 saturated carbocycles. The van der Waals surface area contributed by atoms with Crippen LogP contribution < -0.4 is 5.32 Å². The van der Waals surface area contributed by atoms with Gasteiger partial charge in [0, 0.05) is 12.7 Å². The van der Waals surface area contributed by atoms with Crippen LogP contribution in [0.5, 0.6) is 0 Å². The zero-order valence-corrected chi connectivity index (χ0v) is 15.7. The van der Waals surface area contributed by atoms with Gasteiger partial charge in [-0.3, -0.25) is 9.59 Å². The van der Waals surface area contributed by atoms with Gasteiger partial charge in [-0.15, -0.1) is 0 Å². The molecule has 0 aliphatic carbocycles. The van der Waals surface area contributed by atoms with Gasteiger partial charge in [0.15, 0.2) is 5.76 Å². The first-order chi connectivity index (χ1) is 13.5. The molecule has 6 heteroatoms. The molecule has 3 aromatic rings. The summed E-state index contributed by atoms with van der Waals surface area (Å²) in [5.41, 5.74) is 2.03. The summed E-state index contributed by atoms with van der Waals surface area (Å²) >= 11 is 0. The molecule has 1 heterocycles. The van der Waals surface area contributed by atoms with Gasteiger partial charge in [0.2, 0.25) is 5.91 Å². The van der Waals surface area contributed by atoms with E-state index in [9.17, 15) is 14.0 Å². The van der Waals surface area contributed by atoms with Gasteiger partial charge in [0.25, 0.3) is 5.91 Å². The summed E-state index contributed by atoms with van der Waals surface area (Å²) in [4.78, 5) is 26.1. The largest absolute Gasteiger partial charge is 0.451 e. The molecule has 28 heavy (non-hydrogen) atoms. The SMILES string of the molecule is CCc1ccccc1NC(=O)CN(C)C(=O)c1ccc(-c2ccccc2F)o1. The Bertz CT molecular complexity index is 997. The third kappa shape index (κ3) is 4.28. The van der Waals surface area contributed by atoms with Crippen molar-refractivity contribution in [3.8, 4) is 11.3 Å². The second-order valence-corrected chi connectivity index (χ2v) is 6.36. The van der Waals surface area contributed by atoms with Crippen molar-refractivity contribution in [2.45, 2.75) is 13.3 Å². The van der Waals surface area contributed by atoms with E-state index in [0.29, 0.717) is 0 Å². The van der Waals surface area contributed by atoms with Gasteiger partial charge in [0.05, 0.1) is 12.1 Å². The fraction of sp³-hybridized carbons (Fsp3) is 0.182. The highest BCUT2D eigenvalue weighted by atomic mass is 19.1. The number of carbonyl (C=O) groups is 2. The van der Waals surface area contributed by atoms with Gasteiger partial charge in [-0.1, -0.05) is 37.3 Å². The lowest BCUT2D eigenvalue weighted by atomic mass is 10.1. The molecule has 144 valence electrons. The van der Waals surface area contributed by atoms with E-state index in [4.69, 9.17) is 4.42 Å². The molecule has 0 unspecified atom stereocenters. The Morgan fingerprint density at radius 3 is 2.50 bits per heavy atom.